The number of rotatable bonds is 1. The molecule has 0 spiro atoms. The molecule has 58 valence electrons. The number of nitrogens with one attached hydrogen (secondary N) is 1. The fourth-order valence-corrected chi connectivity index (χ4v) is 0.315. The molecule has 0 radical (unpaired) electrons. The van der Waals surface area contributed by atoms with E-state index in [2.05, 4.69) is 10.8 Å². The zero-order valence-corrected chi connectivity index (χ0v) is 6.91. The Bertz CT molecular complexity index is 152. The minimum atomic E-state index is -1.61. The zero-order chi connectivity index (χ0) is 8.20. The van der Waals surface area contributed by atoms with Gasteiger partial charge in [0.15, 0.2) is 0 Å². The van der Waals surface area contributed by atoms with Gasteiger partial charge in [-0.05, 0) is 0 Å². The Balaban J connectivity index is 3.67. The third-order valence-corrected chi connectivity index (χ3v) is 0.678. The van der Waals surface area contributed by atoms with Gasteiger partial charge in [0, 0.05) is 0 Å². The second-order valence-electron chi connectivity index (χ2n) is 1.28. The molecule has 0 saturated heterocycles. The lowest BCUT2D eigenvalue weighted by Crippen LogP contribution is -2.25. The van der Waals surface area contributed by atoms with Gasteiger partial charge in [-0.1, -0.05) is 34.8 Å². The molecular formula is C3H4Cl3N3O. The summed E-state index contributed by atoms with van der Waals surface area (Å²) in [7, 11) is 0. The summed E-state index contributed by atoms with van der Waals surface area (Å²) in [6, 6.07) is -0.814. The lowest BCUT2D eigenvalue weighted by molar-refractivity contribution is 0.249. The van der Waals surface area contributed by atoms with Gasteiger partial charge >= 0.3 is 6.03 Å². The number of hydrazone groups is 1. The molecule has 0 heterocycles. The first-order valence-electron chi connectivity index (χ1n) is 2.08. The van der Waals surface area contributed by atoms with Gasteiger partial charge in [-0.15, -0.1) is 0 Å². The standard InChI is InChI=1S/C3H4Cl3N3O/c4-3(5,6)1-8-9-2(7)10/h1H,(H3,7,9,10)/b8-1+. The van der Waals surface area contributed by atoms with Crippen molar-refractivity contribution < 1.29 is 4.79 Å². The van der Waals surface area contributed by atoms with Crippen LogP contribution >= 0.6 is 34.8 Å². The van der Waals surface area contributed by atoms with Crippen molar-refractivity contribution in [3.05, 3.63) is 0 Å². The highest BCUT2D eigenvalue weighted by molar-refractivity contribution is 6.74. The van der Waals surface area contributed by atoms with E-state index in [1.54, 1.807) is 0 Å². The molecule has 0 bridgehead atoms. The number of carbonyl (C=O) groups is 1. The molecule has 10 heavy (non-hydrogen) atoms. The molecule has 2 amide bonds. The molecule has 0 aliphatic carbocycles. The molecule has 0 aliphatic rings. The number of nitrogens with two attached hydrogens (primary N) is 1. The lowest BCUT2D eigenvalue weighted by atomic mass is 10.9. The van der Waals surface area contributed by atoms with Crippen molar-refractivity contribution in [3.63, 3.8) is 0 Å². The van der Waals surface area contributed by atoms with Crippen LogP contribution in [0.3, 0.4) is 0 Å². The molecule has 0 aliphatic heterocycles. The third kappa shape index (κ3) is 7.81. The normalized spacial score (nSPS) is 11.9. The predicted molar refractivity (Wildman–Crippen MR) is 41.5 cm³/mol. The maximum absolute atomic E-state index is 9.95. The number of hydrogen-bond acceptors (Lipinski definition) is 2. The minimum Gasteiger partial charge on any atom is -0.350 e. The van der Waals surface area contributed by atoms with Crippen LogP contribution in [0, 0.1) is 0 Å². The Morgan fingerprint density at radius 1 is 1.60 bits per heavy atom. The summed E-state index contributed by atoms with van der Waals surface area (Å²) >= 11 is 15.6. The Labute approximate surface area is 72.3 Å². The van der Waals surface area contributed by atoms with Gasteiger partial charge in [0.25, 0.3) is 0 Å². The van der Waals surface area contributed by atoms with Crippen LogP contribution in [0.5, 0.6) is 0 Å². The average molecular weight is 204 g/mol. The van der Waals surface area contributed by atoms with Gasteiger partial charge < -0.3 is 5.73 Å². The first kappa shape index (κ1) is 9.81. The molecule has 4 nitrogen and oxygen atoms in total. The third-order valence-electron chi connectivity index (χ3n) is 0.386. The highest BCUT2D eigenvalue weighted by Crippen LogP contribution is 2.22. The number of urea groups is 1. The van der Waals surface area contributed by atoms with Gasteiger partial charge in [0.05, 0.1) is 6.21 Å². The average Bonchev–Trinajstić information content (AvgIpc) is 1.59. The zero-order valence-electron chi connectivity index (χ0n) is 4.64. The van der Waals surface area contributed by atoms with Gasteiger partial charge in [-0.2, -0.15) is 5.10 Å². The van der Waals surface area contributed by atoms with E-state index >= 15 is 0 Å². The van der Waals surface area contributed by atoms with Gasteiger partial charge in [-0.25, -0.2) is 10.2 Å². The van der Waals surface area contributed by atoms with Gasteiger partial charge in [-0.3, -0.25) is 0 Å². The number of carbonyl (C=O) groups excluding carboxylic acids is 1. The van der Waals surface area contributed by atoms with Crippen molar-refractivity contribution in [2.75, 3.05) is 0 Å². The Morgan fingerprint density at radius 2 is 2.10 bits per heavy atom. The molecule has 0 unspecified atom stereocenters. The van der Waals surface area contributed by atoms with Crippen LogP contribution < -0.4 is 11.2 Å². The highest BCUT2D eigenvalue weighted by Gasteiger charge is 2.15. The van der Waals surface area contributed by atoms with Crippen LogP contribution in [0.4, 0.5) is 4.79 Å². The fraction of sp³-hybridized carbons (Fsp3) is 0.333. The maximum atomic E-state index is 9.95. The van der Waals surface area contributed by atoms with Gasteiger partial charge in [0.2, 0.25) is 3.79 Å². The van der Waals surface area contributed by atoms with E-state index in [1.165, 1.54) is 0 Å². The van der Waals surface area contributed by atoms with E-state index in [9.17, 15) is 4.79 Å². The lowest BCUT2D eigenvalue weighted by Gasteiger charge is -2.00. The van der Waals surface area contributed by atoms with Crippen LogP contribution in [0.25, 0.3) is 0 Å². The van der Waals surface area contributed by atoms with E-state index in [1.807, 2.05) is 5.43 Å². The fourth-order valence-electron chi connectivity index (χ4n) is 0.169. The quantitative estimate of drug-likeness (QED) is 0.374. The van der Waals surface area contributed by atoms with E-state index in [-0.39, 0.29) is 0 Å². The number of nitrogens with zero attached hydrogens (tertiary/aromatic N) is 1. The first-order chi connectivity index (χ1) is 4.42. The monoisotopic (exact) mass is 203 g/mol. The van der Waals surface area contributed by atoms with Crippen LogP contribution in [-0.2, 0) is 0 Å². The number of alkyl halides is 3. The van der Waals surface area contributed by atoms with Crippen LogP contribution in [0.1, 0.15) is 0 Å². The largest absolute Gasteiger partial charge is 0.350 e. The van der Waals surface area contributed by atoms with E-state index < -0.39 is 9.82 Å². The van der Waals surface area contributed by atoms with Crippen LogP contribution in [0.15, 0.2) is 5.10 Å². The van der Waals surface area contributed by atoms with Crippen molar-refractivity contribution in [2.24, 2.45) is 10.8 Å². The second-order valence-corrected chi connectivity index (χ2v) is 3.64. The van der Waals surface area contributed by atoms with Gasteiger partial charge in [0.1, 0.15) is 0 Å². The summed E-state index contributed by atoms with van der Waals surface area (Å²) in [6.07, 6.45) is 0.919. The number of primary amides is 1. The van der Waals surface area contributed by atoms with Crippen LogP contribution in [0.2, 0.25) is 0 Å². The van der Waals surface area contributed by atoms with Crippen LogP contribution in [-0.4, -0.2) is 16.0 Å². The summed E-state index contributed by atoms with van der Waals surface area (Å²) in [5.41, 5.74) is 6.49. The molecule has 0 aromatic rings. The Hall–Kier alpha value is -0.190. The molecule has 0 aromatic heterocycles. The molecule has 0 saturated carbocycles. The number of hydrogen-bond donors (Lipinski definition) is 2. The van der Waals surface area contributed by atoms with Crippen molar-refractivity contribution in [1.29, 1.82) is 0 Å². The smallest absolute Gasteiger partial charge is 0.332 e. The summed E-state index contributed by atoms with van der Waals surface area (Å²) in [6.45, 7) is 0. The summed E-state index contributed by atoms with van der Waals surface area (Å²) in [4.78, 5) is 9.95. The highest BCUT2D eigenvalue weighted by atomic mass is 35.6. The number of halogens is 3. The van der Waals surface area contributed by atoms with Crippen molar-refractivity contribution in [3.8, 4) is 0 Å². The van der Waals surface area contributed by atoms with Crippen molar-refractivity contribution in [2.45, 2.75) is 3.79 Å². The topological polar surface area (TPSA) is 67.5 Å². The van der Waals surface area contributed by atoms with E-state index in [4.69, 9.17) is 34.8 Å². The summed E-state index contributed by atoms with van der Waals surface area (Å²) in [5.74, 6) is 0. The first-order valence-corrected chi connectivity index (χ1v) is 3.21. The summed E-state index contributed by atoms with van der Waals surface area (Å²) in [5, 5.41) is 3.20. The Kier molecular flexibility index (Phi) is 3.78. The SMILES string of the molecule is NC(=O)N/N=C/C(Cl)(Cl)Cl. The molecule has 0 fully saturated rings. The second kappa shape index (κ2) is 3.85. The predicted octanol–water partition coefficient (Wildman–Crippen LogP) is 1.01. The van der Waals surface area contributed by atoms with E-state index in [0.29, 0.717) is 0 Å². The molecule has 3 N–H and O–H groups in total. The molecule has 0 rings (SSSR count). The maximum Gasteiger partial charge on any atom is 0.332 e. The molecular weight excluding hydrogens is 200 g/mol. The Morgan fingerprint density at radius 3 is 2.40 bits per heavy atom. The molecule has 0 atom stereocenters. The van der Waals surface area contributed by atoms with E-state index in [0.717, 1.165) is 6.21 Å². The molecule has 0 aromatic carbocycles. The minimum absolute atomic E-state index is 0.814. The summed E-state index contributed by atoms with van der Waals surface area (Å²) < 4.78 is -1.61. The van der Waals surface area contributed by atoms with Crippen molar-refractivity contribution >= 4 is 47.0 Å². The number of amides is 2. The van der Waals surface area contributed by atoms with Crippen molar-refractivity contribution in [1.82, 2.24) is 5.43 Å². The molecule has 7 heteroatoms.